The summed E-state index contributed by atoms with van der Waals surface area (Å²) in [6, 6.07) is 15.3. The molecule has 2 aromatic rings. The van der Waals surface area contributed by atoms with E-state index in [4.69, 9.17) is 4.74 Å². The molecule has 3 nitrogen and oxygen atoms in total. The molecule has 3 rings (SSSR count). The van der Waals surface area contributed by atoms with Gasteiger partial charge in [-0.15, -0.1) is 0 Å². The van der Waals surface area contributed by atoms with Crippen molar-refractivity contribution < 1.29 is 9.53 Å². The van der Waals surface area contributed by atoms with Gasteiger partial charge in [0.1, 0.15) is 5.75 Å². The number of likely N-dealkylation sites (tertiary alicyclic amines) is 1. The van der Waals surface area contributed by atoms with Gasteiger partial charge in [0.25, 0.3) is 0 Å². The summed E-state index contributed by atoms with van der Waals surface area (Å²) in [4.78, 5) is 15.0. The fraction of sp³-hybridized carbons (Fsp3) is 0.316. The van der Waals surface area contributed by atoms with Gasteiger partial charge in [0.15, 0.2) is 5.78 Å². The molecule has 22 heavy (non-hydrogen) atoms. The number of methoxy groups -OCH3 is 1. The first-order valence-corrected chi connectivity index (χ1v) is 7.76. The molecule has 1 saturated heterocycles. The summed E-state index contributed by atoms with van der Waals surface area (Å²) in [6.07, 6.45) is 2.56. The van der Waals surface area contributed by atoms with Crippen LogP contribution in [-0.4, -0.2) is 30.9 Å². The van der Waals surface area contributed by atoms with Gasteiger partial charge >= 0.3 is 0 Å². The quantitative estimate of drug-likeness (QED) is 0.790. The maximum Gasteiger partial charge on any atom is 0.193 e. The highest BCUT2D eigenvalue weighted by atomic mass is 16.5. The van der Waals surface area contributed by atoms with E-state index >= 15 is 0 Å². The maximum atomic E-state index is 12.6. The van der Waals surface area contributed by atoms with Gasteiger partial charge in [-0.1, -0.05) is 18.2 Å². The Morgan fingerprint density at radius 2 is 1.77 bits per heavy atom. The van der Waals surface area contributed by atoms with Crippen molar-refractivity contribution in [1.82, 2.24) is 4.90 Å². The van der Waals surface area contributed by atoms with E-state index in [1.807, 2.05) is 42.5 Å². The van der Waals surface area contributed by atoms with Crippen LogP contribution in [-0.2, 0) is 6.54 Å². The molecule has 1 heterocycles. The van der Waals surface area contributed by atoms with Crippen LogP contribution >= 0.6 is 0 Å². The van der Waals surface area contributed by atoms with E-state index < -0.39 is 0 Å². The van der Waals surface area contributed by atoms with Crippen LogP contribution in [0.2, 0.25) is 0 Å². The van der Waals surface area contributed by atoms with Crippen molar-refractivity contribution in [2.24, 2.45) is 0 Å². The lowest BCUT2D eigenvalue weighted by molar-refractivity contribution is 0.103. The number of ether oxygens (including phenoxy) is 1. The highest BCUT2D eigenvalue weighted by Gasteiger charge is 2.14. The van der Waals surface area contributed by atoms with E-state index in [2.05, 4.69) is 11.0 Å². The summed E-state index contributed by atoms with van der Waals surface area (Å²) in [5.74, 6) is 0.824. The van der Waals surface area contributed by atoms with Crippen LogP contribution in [0.3, 0.4) is 0 Å². The maximum absolute atomic E-state index is 12.6. The van der Waals surface area contributed by atoms with Crippen LogP contribution in [0.5, 0.6) is 5.75 Å². The Kier molecular flexibility index (Phi) is 4.54. The van der Waals surface area contributed by atoms with Crippen molar-refractivity contribution in [1.29, 1.82) is 0 Å². The average Bonchev–Trinajstić information content (AvgIpc) is 3.07. The lowest BCUT2D eigenvalue weighted by atomic mass is 10.0. The molecule has 0 unspecified atom stereocenters. The molecule has 0 bridgehead atoms. The molecule has 0 radical (unpaired) electrons. The Morgan fingerprint density at radius 3 is 2.45 bits per heavy atom. The molecule has 1 aliphatic heterocycles. The zero-order valence-electron chi connectivity index (χ0n) is 12.9. The van der Waals surface area contributed by atoms with Gasteiger partial charge in [-0.25, -0.2) is 0 Å². The van der Waals surface area contributed by atoms with Gasteiger partial charge in [-0.05, 0) is 61.8 Å². The third-order valence-corrected chi connectivity index (χ3v) is 4.15. The molecule has 0 spiro atoms. The Balaban J connectivity index is 1.76. The molecule has 1 fully saturated rings. The van der Waals surface area contributed by atoms with Gasteiger partial charge in [0, 0.05) is 17.7 Å². The summed E-state index contributed by atoms with van der Waals surface area (Å²) in [7, 11) is 1.62. The molecule has 0 aliphatic carbocycles. The number of hydrogen-bond donors (Lipinski definition) is 0. The SMILES string of the molecule is COc1ccc(C(=O)c2cccc(CN3CCCC3)c2)cc1. The number of carbonyl (C=O) groups excluding carboxylic acids is 1. The Bertz CT molecular complexity index is 643. The number of ketones is 1. The van der Waals surface area contributed by atoms with E-state index in [0.717, 1.165) is 30.9 Å². The van der Waals surface area contributed by atoms with Crippen LogP contribution in [0, 0.1) is 0 Å². The monoisotopic (exact) mass is 295 g/mol. The molecule has 2 aromatic carbocycles. The predicted molar refractivity (Wildman–Crippen MR) is 87.4 cm³/mol. The minimum atomic E-state index is 0.0610. The Labute approximate surface area is 131 Å². The molecule has 0 saturated carbocycles. The predicted octanol–water partition coefficient (Wildman–Crippen LogP) is 3.52. The summed E-state index contributed by atoms with van der Waals surface area (Å²) < 4.78 is 5.13. The molecule has 0 N–H and O–H groups in total. The highest BCUT2D eigenvalue weighted by Crippen LogP contribution is 2.18. The first-order valence-electron chi connectivity index (χ1n) is 7.76. The minimum absolute atomic E-state index is 0.0610. The van der Waals surface area contributed by atoms with Crippen LogP contribution in [0.4, 0.5) is 0 Å². The summed E-state index contributed by atoms with van der Waals surface area (Å²) in [5.41, 5.74) is 2.65. The molecule has 0 atom stereocenters. The third-order valence-electron chi connectivity index (χ3n) is 4.15. The normalized spacial score (nSPS) is 15.0. The van der Waals surface area contributed by atoms with Crippen molar-refractivity contribution in [2.45, 2.75) is 19.4 Å². The van der Waals surface area contributed by atoms with Crippen molar-refractivity contribution in [2.75, 3.05) is 20.2 Å². The zero-order valence-corrected chi connectivity index (χ0v) is 12.9. The molecule has 0 amide bonds. The van der Waals surface area contributed by atoms with E-state index in [1.165, 1.54) is 18.4 Å². The fourth-order valence-corrected chi connectivity index (χ4v) is 2.92. The van der Waals surface area contributed by atoms with Crippen LogP contribution in [0.25, 0.3) is 0 Å². The number of hydrogen-bond acceptors (Lipinski definition) is 3. The van der Waals surface area contributed by atoms with Crippen molar-refractivity contribution in [3.63, 3.8) is 0 Å². The topological polar surface area (TPSA) is 29.5 Å². The minimum Gasteiger partial charge on any atom is -0.497 e. The molecular weight excluding hydrogens is 274 g/mol. The van der Waals surface area contributed by atoms with Gasteiger partial charge in [0.2, 0.25) is 0 Å². The van der Waals surface area contributed by atoms with E-state index in [-0.39, 0.29) is 5.78 Å². The molecule has 1 aliphatic rings. The van der Waals surface area contributed by atoms with Gasteiger partial charge in [-0.2, -0.15) is 0 Å². The summed E-state index contributed by atoms with van der Waals surface area (Å²) in [6.45, 7) is 3.26. The van der Waals surface area contributed by atoms with Crippen LogP contribution < -0.4 is 4.74 Å². The largest absolute Gasteiger partial charge is 0.497 e. The number of carbonyl (C=O) groups is 1. The first-order chi connectivity index (χ1) is 10.8. The molecular formula is C19H21NO2. The Hall–Kier alpha value is -2.13. The van der Waals surface area contributed by atoms with Gasteiger partial charge in [0.05, 0.1) is 7.11 Å². The standard InChI is InChI=1S/C19H21NO2/c1-22-18-9-7-16(8-10-18)19(21)17-6-4-5-15(13-17)14-20-11-2-3-12-20/h4-10,13H,2-3,11-12,14H2,1H3. The van der Waals surface area contributed by atoms with Gasteiger partial charge in [-0.3, -0.25) is 9.69 Å². The third kappa shape index (κ3) is 3.37. The highest BCUT2D eigenvalue weighted by molar-refractivity contribution is 6.09. The van der Waals surface area contributed by atoms with Crippen LogP contribution in [0.15, 0.2) is 48.5 Å². The van der Waals surface area contributed by atoms with E-state index in [1.54, 1.807) is 7.11 Å². The summed E-state index contributed by atoms with van der Waals surface area (Å²) >= 11 is 0. The molecule has 0 aromatic heterocycles. The number of nitrogens with zero attached hydrogens (tertiary/aromatic N) is 1. The second kappa shape index (κ2) is 6.75. The van der Waals surface area contributed by atoms with Crippen molar-refractivity contribution >= 4 is 5.78 Å². The molecule has 114 valence electrons. The fourth-order valence-electron chi connectivity index (χ4n) is 2.92. The van der Waals surface area contributed by atoms with Crippen LogP contribution in [0.1, 0.15) is 34.3 Å². The molecule has 3 heteroatoms. The lowest BCUT2D eigenvalue weighted by Gasteiger charge is -2.15. The first kappa shape index (κ1) is 14.8. The summed E-state index contributed by atoms with van der Waals surface area (Å²) in [5, 5.41) is 0. The number of rotatable bonds is 5. The van der Waals surface area contributed by atoms with Crippen molar-refractivity contribution in [3.8, 4) is 5.75 Å². The van der Waals surface area contributed by atoms with Crippen molar-refractivity contribution in [3.05, 3.63) is 65.2 Å². The average molecular weight is 295 g/mol. The second-order valence-corrected chi connectivity index (χ2v) is 5.74. The van der Waals surface area contributed by atoms with E-state index in [0.29, 0.717) is 5.56 Å². The Morgan fingerprint density at radius 1 is 1.05 bits per heavy atom. The smallest absolute Gasteiger partial charge is 0.193 e. The van der Waals surface area contributed by atoms with E-state index in [9.17, 15) is 4.79 Å². The zero-order chi connectivity index (χ0) is 15.4. The second-order valence-electron chi connectivity index (χ2n) is 5.74. The van der Waals surface area contributed by atoms with Gasteiger partial charge < -0.3 is 4.74 Å². The number of benzene rings is 2. The lowest BCUT2D eigenvalue weighted by Crippen LogP contribution is -2.18.